The van der Waals surface area contributed by atoms with Gasteiger partial charge in [0.2, 0.25) is 0 Å². The van der Waals surface area contributed by atoms with Crippen LogP contribution in [-0.4, -0.2) is 28.7 Å². The van der Waals surface area contributed by atoms with Crippen LogP contribution in [0.15, 0.2) is 22.7 Å². The highest BCUT2D eigenvalue weighted by atomic mass is 16.5. The Morgan fingerprint density at radius 1 is 1.47 bits per heavy atom. The lowest BCUT2D eigenvalue weighted by Crippen LogP contribution is -2.35. The van der Waals surface area contributed by atoms with Crippen LogP contribution in [0.4, 0.5) is 0 Å². The van der Waals surface area contributed by atoms with Gasteiger partial charge in [-0.1, -0.05) is 24.2 Å². The van der Waals surface area contributed by atoms with Gasteiger partial charge in [-0.25, -0.2) is 0 Å². The maximum absolute atomic E-state index is 5.38. The quantitative estimate of drug-likeness (QED) is 0.770. The van der Waals surface area contributed by atoms with Crippen LogP contribution in [0.25, 0.3) is 0 Å². The number of nitrogens with zero attached hydrogens (tertiary/aromatic N) is 2. The first-order chi connectivity index (χ1) is 8.80. The lowest BCUT2D eigenvalue weighted by molar-refractivity contribution is 0.256. The minimum Gasteiger partial charge on any atom is -0.360 e. The van der Waals surface area contributed by atoms with E-state index in [1.165, 1.54) is 0 Å². The van der Waals surface area contributed by atoms with Crippen LogP contribution in [0.5, 0.6) is 0 Å². The van der Waals surface area contributed by atoms with Crippen LogP contribution < -0.4 is 5.32 Å². The topological polar surface area (TPSA) is 41.3 Å². The van der Waals surface area contributed by atoms with E-state index >= 15 is 0 Å². The largest absolute Gasteiger partial charge is 0.360 e. The van der Waals surface area contributed by atoms with Gasteiger partial charge in [0.1, 0.15) is 0 Å². The highest BCUT2D eigenvalue weighted by Crippen LogP contribution is 2.10. The summed E-state index contributed by atoms with van der Waals surface area (Å²) in [5.41, 5.74) is 2.21. The Balaban J connectivity index is 2.52. The van der Waals surface area contributed by atoms with E-state index in [0.717, 1.165) is 43.2 Å². The normalized spacial score (nSPS) is 12.1. The van der Waals surface area contributed by atoms with Crippen molar-refractivity contribution in [3.8, 4) is 0 Å². The van der Waals surface area contributed by atoms with E-state index in [-0.39, 0.29) is 5.54 Å². The molecule has 19 heavy (non-hydrogen) atoms. The second-order valence-corrected chi connectivity index (χ2v) is 6.15. The third-order valence-corrected chi connectivity index (χ3v) is 2.73. The number of rotatable bonds is 7. The molecule has 0 aliphatic rings. The minimum absolute atomic E-state index is 0.0918. The predicted octanol–water partition coefficient (Wildman–Crippen LogP) is 2.96. The highest BCUT2D eigenvalue weighted by Gasteiger charge is 2.12. The highest BCUT2D eigenvalue weighted by molar-refractivity contribution is 5.06. The van der Waals surface area contributed by atoms with Crippen molar-refractivity contribution in [1.29, 1.82) is 0 Å². The molecular formula is C15H27N3O. The van der Waals surface area contributed by atoms with Gasteiger partial charge in [0.05, 0.1) is 12.2 Å². The van der Waals surface area contributed by atoms with Crippen molar-refractivity contribution in [3.63, 3.8) is 0 Å². The molecule has 0 spiro atoms. The number of hydrogen-bond donors (Lipinski definition) is 1. The molecule has 4 heteroatoms. The van der Waals surface area contributed by atoms with E-state index in [4.69, 9.17) is 4.52 Å². The Hall–Kier alpha value is -1.13. The summed E-state index contributed by atoms with van der Waals surface area (Å²) in [5, 5.41) is 7.50. The van der Waals surface area contributed by atoms with E-state index in [2.05, 4.69) is 49.6 Å². The number of likely N-dealkylation sites (N-methyl/N-ethyl adjacent to an activating group) is 1. The molecule has 0 bridgehead atoms. The van der Waals surface area contributed by atoms with Gasteiger partial charge in [-0.3, -0.25) is 4.90 Å². The van der Waals surface area contributed by atoms with E-state index in [0.29, 0.717) is 0 Å². The van der Waals surface area contributed by atoms with E-state index in [1.54, 1.807) is 0 Å². The number of hydrogen-bond acceptors (Lipinski definition) is 4. The zero-order valence-electron chi connectivity index (χ0n) is 12.9. The van der Waals surface area contributed by atoms with E-state index in [9.17, 15) is 0 Å². The Kier molecular flexibility index (Phi) is 5.76. The molecule has 0 amide bonds. The zero-order chi connectivity index (χ0) is 14.5. The van der Waals surface area contributed by atoms with Crippen LogP contribution in [0, 0.1) is 0 Å². The molecule has 1 aromatic heterocycles. The van der Waals surface area contributed by atoms with Crippen molar-refractivity contribution in [3.05, 3.63) is 29.7 Å². The van der Waals surface area contributed by atoms with Crippen LogP contribution >= 0.6 is 0 Å². The monoisotopic (exact) mass is 265 g/mol. The van der Waals surface area contributed by atoms with Gasteiger partial charge in [-0.2, -0.15) is 0 Å². The standard InChI is InChI=1S/C15H27N3O/c1-7-18(10-12(2)3)11-14-8-13(17-19-14)9-16-15(4,5)6/h8,16H,2,7,9-11H2,1,3-6H3. The predicted molar refractivity (Wildman–Crippen MR) is 78.9 cm³/mol. The molecule has 108 valence electrons. The Morgan fingerprint density at radius 2 is 2.16 bits per heavy atom. The van der Waals surface area contributed by atoms with Gasteiger partial charge < -0.3 is 9.84 Å². The minimum atomic E-state index is 0.0918. The fraction of sp³-hybridized carbons (Fsp3) is 0.667. The third-order valence-electron chi connectivity index (χ3n) is 2.73. The smallest absolute Gasteiger partial charge is 0.151 e. The van der Waals surface area contributed by atoms with Gasteiger partial charge >= 0.3 is 0 Å². The van der Waals surface area contributed by atoms with Gasteiger partial charge in [0, 0.05) is 24.7 Å². The molecule has 0 saturated carbocycles. The molecule has 0 aliphatic carbocycles. The van der Waals surface area contributed by atoms with Crippen LogP contribution in [0.3, 0.4) is 0 Å². The average Bonchev–Trinajstić information content (AvgIpc) is 2.72. The van der Waals surface area contributed by atoms with E-state index in [1.807, 2.05) is 13.0 Å². The summed E-state index contributed by atoms with van der Waals surface area (Å²) in [6.45, 7) is 17.9. The zero-order valence-corrected chi connectivity index (χ0v) is 12.9. The molecule has 0 fully saturated rings. The first kappa shape index (κ1) is 15.9. The fourth-order valence-electron chi connectivity index (χ4n) is 1.75. The van der Waals surface area contributed by atoms with Gasteiger partial charge in [-0.15, -0.1) is 0 Å². The molecule has 1 rings (SSSR count). The summed E-state index contributed by atoms with van der Waals surface area (Å²) < 4.78 is 5.38. The second-order valence-electron chi connectivity index (χ2n) is 6.15. The van der Waals surface area contributed by atoms with Crippen LogP contribution in [0.2, 0.25) is 0 Å². The fourth-order valence-corrected chi connectivity index (χ4v) is 1.75. The Bertz CT molecular complexity index is 404. The second kappa shape index (κ2) is 6.87. The summed E-state index contributed by atoms with van der Waals surface area (Å²) in [6.07, 6.45) is 0. The lowest BCUT2D eigenvalue weighted by atomic mass is 10.1. The van der Waals surface area contributed by atoms with Crippen molar-refractivity contribution in [2.45, 2.75) is 53.2 Å². The molecule has 0 aliphatic heterocycles. The SMILES string of the molecule is C=C(C)CN(CC)Cc1cc(CNC(C)(C)C)no1. The van der Waals surface area contributed by atoms with Gasteiger partial charge in [-0.05, 0) is 34.2 Å². The van der Waals surface area contributed by atoms with Crippen molar-refractivity contribution >= 4 is 0 Å². The Labute approximate surface area is 116 Å². The molecule has 0 aromatic carbocycles. The summed E-state index contributed by atoms with van der Waals surface area (Å²) in [5.74, 6) is 0.911. The van der Waals surface area contributed by atoms with Gasteiger partial charge in [0.15, 0.2) is 5.76 Å². The van der Waals surface area contributed by atoms with E-state index < -0.39 is 0 Å². The molecular weight excluding hydrogens is 238 g/mol. The third kappa shape index (κ3) is 6.55. The molecule has 1 N–H and O–H groups in total. The Morgan fingerprint density at radius 3 is 2.68 bits per heavy atom. The number of nitrogens with one attached hydrogen (secondary N) is 1. The van der Waals surface area contributed by atoms with Gasteiger partial charge in [0.25, 0.3) is 0 Å². The molecule has 0 atom stereocenters. The molecule has 1 heterocycles. The van der Waals surface area contributed by atoms with Crippen molar-refractivity contribution in [1.82, 2.24) is 15.4 Å². The summed E-state index contributed by atoms with van der Waals surface area (Å²) >= 11 is 0. The van der Waals surface area contributed by atoms with Crippen LogP contribution in [-0.2, 0) is 13.1 Å². The maximum atomic E-state index is 5.38. The maximum Gasteiger partial charge on any atom is 0.151 e. The molecule has 0 radical (unpaired) electrons. The first-order valence-electron chi connectivity index (χ1n) is 6.86. The molecule has 0 unspecified atom stereocenters. The summed E-state index contributed by atoms with van der Waals surface area (Å²) in [7, 11) is 0. The molecule has 4 nitrogen and oxygen atoms in total. The molecule has 0 saturated heterocycles. The first-order valence-corrected chi connectivity index (χ1v) is 6.86. The molecule has 1 aromatic rings. The van der Waals surface area contributed by atoms with Crippen molar-refractivity contribution < 1.29 is 4.52 Å². The summed E-state index contributed by atoms with van der Waals surface area (Å²) in [6, 6.07) is 2.03. The average molecular weight is 265 g/mol. The number of aromatic nitrogens is 1. The summed E-state index contributed by atoms with van der Waals surface area (Å²) in [4.78, 5) is 2.28. The van der Waals surface area contributed by atoms with Crippen molar-refractivity contribution in [2.24, 2.45) is 0 Å². The van der Waals surface area contributed by atoms with Crippen LogP contribution in [0.1, 0.15) is 46.1 Å². The lowest BCUT2D eigenvalue weighted by Gasteiger charge is -2.19. The van der Waals surface area contributed by atoms with Crippen molar-refractivity contribution in [2.75, 3.05) is 13.1 Å².